The SMILES string of the molecule is BrCCc1cccc2cc(Br)ccc12. The summed E-state index contributed by atoms with van der Waals surface area (Å²) >= 11 is 6.96. The van der Waals surface area contributed by atoms with Crippen LogP contribution in [0, 0.1) is 0 Å². The van der Waals surface area contributed by atoms with Crippen molar-refractivity contribution in [3.05, 3.63) is 46.4 Å². The van der Waals surface area contributed by atoms with Crippen LogP contribution in [0.15, 0.2) is 40.9 Å². The molecule has 2 heteroatoms. The van der Waals surface area contributed by atoms with Crippen molar-refractivity contribution in [3.63, 3.8) is 0 Å². The van der Waals surface area contributed by atoms with Crippen molar-refractivity contribution >= 4 is 42.6 Å². The molecule has 2 aromatic rings. The van der Waals surface area contributed by atoms with E-state index in [0.29, 0.717) is 0 Å². The average Bonchev–Trinajstić information content (AvgIpc) is 2.18. The first-order valence-corrected chi connectivity index (χ1v) is 6.46. The Morgan fingerprint density at radius 3 is 2.71 bits per heavy atom. The fourth-order valence-corrected chi connectivity index (χ4v) is 2.45. The molecular formula is C12H10Br2. The van der Waals surface area contributed by atoms with Crippen molar-refractivity contribution in [1.82, 2.24) is 0 Å². The molecule has 0 bridgehead atoms. The molecule has 0 aliphatic heterocycles. The van der Waals surface area contributed by atoms with E-state index in [1.54, 1.807) is 0 Å². The van der Waals surface area contributed by atoms with Crippen molar-refractivity contribution in [3.8, 4) is 0 Å². The number of benzene rings is 2. The molecule has 0 amide bonds. The normalized spacial score (nSPS) is 10.7. The van der Waals surface area contributed by atoms with Crippen LogP contribution in [0.2, 0.25) is 0 Å². The Morgan fingerprint density at radius 1 is 1.07 bits per heavy atom. The quantitative estimate of drug-likeness (QED) is 0.714. The number of halogens is 2. The Balaban J connectivity index is 2.62. The molecule has 0 fully saturated rings. The molecule has 0 aliphatic carbocycles. The number of fused-ring (bicyclic) bond motifs is 1. The second-order valence-corrected chi connectivity index (χ2v) is 4.93. The van der Waals surface area contributed by atoms with Gasteiger partial charge in [-0.05, 0) is 34.9 Å². The fraction of sp³-hybridized carbons (Fsp3) is 0.167. The molecule has 0 saturated heterocycles. The van der Waals surface area contributed by atoms with Crippen molar-refractivity contribution in [2.75, 3.05) is 5.33 Å². The lowest BCUT2D eigenvalue weighted by Gasteiger charge is -2.04. The van der Waals surface area contributed by atoms with E-state index in [1.165, 1.54) is 16.3 Å². The second kappa shape index (κ2) is 4.45. The maximum atomic E-state index is 3.49. The van der Waals surface area contributed by atoms with E-state index in [-0.39, 0.29) is 0 Å². The molecule has 0 spiro atoms. The Morgan fingerprint density at radius 2 is 1.93 bits per heavy atom. The Hall–Kier alpha value is -0.340. The minimum absolute atomic E-state index is 1.02. The number of aryl methyl sites for hydroxylation is 1. The van der Waals surface area contributed by atoms with E-state index in [1.807, 2.05) is 0 Å². The first kappa shape index (κ1) is 10.2. The van der Waals surface area contributed by atoms with E-state index in [4.69, 9.17) is 0 Å². The summed E-state index contributed by atoms with van der Waals surface area (Å²) in [6.07, 6.45) is 1.08. The van der Waals surface area contributed by atoms with Crippen LogP contribution in [0.25, 0.3) is 10.8 Å². The van der Waals surface area contributed by atoms with Gasteiger partial charge in [-0.2, -0.15) is 0 Å². The minimum Gasteiger partial charge on any atom is -0.0924 e. The molecule has 0 N–H and O–H groups in total. The van der Waals surface area contributed by atoms with Gasteiger partial charge in [0.2, 0.25) is 0 Å². The highest BCUT2D eigenvalue weighted by atomic mass is 79.9. The molecule has 0 radical (unpaired) electrons. The van der Waals surface area contributed by atoms with Crippen molar-refractivity contribution in [2.45, 2.75) is 6.42 Å². The highest BCUT2D eigenvalue weighted by Gasteiger charge is 1.99. The van der Waals surface area contributed by atoms with E-state index in [2.05, 4.69) is 68.3 Å². The van der Waals surface area contributed by atoms with E-state index >= 15 is 0 Å². The van der Waals surface area contributed by atoms with Gasteiger partial charge in [0, 0.05) is 9.80 Å². The highest BCUT2D eigenvalue weighted by Crippen LogP contribution is 2.23. The predicted molar refractivity (Wildman–Crippen MR) is 69.1 cm³/mol. The first-order valence-electron chi connectivity index (χ1n) is 4.54. The minimum atomic E-state index is 1.02. The van der Waals surface area contributed by atoms with Gasteiger partial charge >= 0.3 is 0 Å². The smallest absolute Gasteiger partial charge is 0.0181 e. The van der Waals surface area contributed by atoms with Gasteiger partial charge in [0.1, 0.15) is 0 Å². The summed E-state index contributed by atoms with van der Waals surface area (Å²) < 4.78 is 1.14. The summed E-state index contributed by atoms with van der Waals surface area (Å²) in [6, 6.07) is 12.9. The molecule has 0 heterocycles. The average molecular weight is 314 g/mol. The lowest BCUT2D eigenvalue weighted by molar-refractivity contribution is 1.19. The van der Waals surface area contributed by atoms with E-state index < -0.39 is 0 Å². The maximum absolute atomic E-state index is 3.49. The molecule has 2 aromatic carbocycles. The van der Waals surface area contributed by atoms with Crippen LogP contribution in [0.1, 0.15) is 5.56 Å². The molecule has 0 aliphatic rings. The van der Waals surface area contributed by atoms with Gasteiger partial charge < -0.3 is 0 Å². The second-order valence-electron chi connectivity index (χ2n) is 3.22. The number of hydrogen-bond acceptors (Lipinski definition) is 0. The first-order chi connectivity index (χ1) is 6.81. The zero-order valence-corrected chi connectivity index (χ0v) is 10.8. The molecule has 0 nitrogen and oxygen atoms in total. The lowest BCUT2D eigenvalue weighted by atomic mass is 10.0. The van der Waals surface area contributed by atoms with Crippen LogP contribution in [0.4, 0.5) is 0 Å². The summed E-state index contributed by atoms with van der Waals surface area (Å²) in [4.78, 5) is 0. The third-order valence-electron chi connectivity index (χ3n) is 2.30. The molecule has 0 unspecified atom stereocenters. The van der Waals surface area contributed by atoms with E-state index in [0.717, 1.165) is 16.2 Å². The van der Waals surface area contributed by atoms with Crippen molar-refractivity contribution in [2.24, 2.45) is 0 Å². The number of alkyl halides is 1. The summed E-state index contributed by atoms with van der Waals surface area (Å²) in [6.45, 7) is 0. The van der Waals surface area contributed by atoms with Crippen LogP contribution in [0.3, 0.4) is 0 Å². The van der Waals surface area contributed by atoms with Gasteiger partial charge in [0.25, 0.3) is 0 Å². The van der Waals surface area contributed by atoms with Gasteiger partial charge in [-0.1, -0.05) is 56.1 Å². The largest absolute Gasteiger partial charge is 0.0924 e. The predicted octanol–water partition coefficient (Wildman–Crippen LogP) is 4.54. The molecule has 2 rings (SSSR count). The number of hydrogen-bond donors (Lipinski definition) is 0. The third kappa shape index (κ3) is 2.01. The maximum Gasteiger partial charge on any atom is 0.0181 e. The third-order valence-corrected chi connectivity index (χ3v) is 3.19. The van der Waals surface area contributed by atoms with Crippen LogP contribution in [-0.2, 0) is 6.42 Å². The molecular weight excluding hydrogens is 304 g/mol. The monoisotopic (exact) mass is 312 g/mol. The van der Waals surface area contributed by atoms with Gasteiger partial charge in [-0.25, -0.2) is 0 Å². The summed E-state index contributed by atoms with van der Waals surface area (Å²) in [7, 11) is 0. The highest BCUT2D eigenvalue weighted by molar-refractivity contribution is 9.10. The summed E-state index contributed by atoms with van der Waals surface area (Å²) in [5.41, 5.74) is 1.41. The summed E-state index contributed by atoms with van der Waals surface area (Å²) in [5, 5.41) is 3.68. The molecule has 14 heavy (non-hydrogen) atoms. The Bertz CT molecular complexity index is 449. The van der Waals surface area contributed by atoms with Crippen molar-refractivity contribution < 1.29 is 0 Å². The van der Waals surface area contributed by atoms with Crippen LogP contribution >= 0.6 is 31.9 Å². The van der Waals surface area contributed by atoms with E-state index in [9.17, 15) is 0 Å². The van der Waals surface area contributed by atoms with Crippen LogP contribution < -0.4 is 0 Å². The van der Waals surface area contributed by atoms with Gasteiger partial charge in [0.15, 0.2) is 0 Å². The standard InChI is InChI=1S/C12H10Br2/c13-7-6-9-2-1-3-10-8-11(14)4-5-12(9)10/h1-5,8H,6-7H2. The van der Waals surface area contributed by atoms with Gasteiger partial charge in [-0.15, -0.1) is 0 Å². The molecule has 0 saturated carbocycles. The molecule has 0 aromatic heterocycles. The lowest BCUT2D eigenvalue weighted by Crippen LogP contribution is -1.87. The Kier molecular flexibility index (Phi) is 3.24. The van der Waals surface area contributed by atoms with Crippen LogP contribution in [0.5, 0.6) is 0 Å². The molecule has 0 atom stereocenters. The topological polar surface area (TPSA) is 0 Å². The fourth-order valence-electron chi connectivity index (χ4n) is 1.64. The zero-order chi connectivity index (χ0) is 9.97. The molecule has 72 valence electrons. The Labute approximate surface area is 101 Å². The van der Waals surface area contributed by atoms with Gasteiger partial charge in [0.05, 0.1) is 0 Å². The van der Waals surface area contributed by atoms with Crippen LogP contribution in [-0.4, -0.2) is 5.33 Å². The number of rotatable bonds is 2. The van der Waals surface area contributed by atoms with Gasteiger partial charge in [-0.3, -0.25) is 0 Å². The van der Waals surface area contributed by atoms with Crippen molar-refractivity contribution in [1.29, 1.82) is 0 Å². The summed E-state index contributed by atoms with van der Waals surface area (Å²) in [5.74, 6) is 0. The zero-order valence-electron chi connectivity index (χ0n) is 7.63.